The lowest BCUT2D eigenvalue weighted by Crippen LogP contribution is -2.49. The molecule has 9 rings (SSSR count). The second kappa shape index (κ2) is 61.0. The number of amides is 9. The van der Waals surface area contributed by atoms with Crippen LogP contribution >= 0.6 is 11.8 Å². The first-order chi connectivity index (χ1) is 69.6. The van der Waals surface area contributed by atoms with Gasteiger partial charge in [0.25, 0.3) is 21.9 Å². The quantitative estimate of drug-likeness (QED) is 0.00856. The minimum absolute atomic E-state index is 0.0150. The number of aryl methyl sites for hydroxylation is 3. The molecule has 6 atom stereocenters. The SMILES string of the molecule is C=C1C[C@H]2C(S(=O)(=O)O)Cc3cc(OCCCC(=O)Nc4cn(C)c(C(=O)Cc5ccc(-c6cc(C(=O)n7ccc8cc(CC(=O)[C@H](C)NC(=O)[C@H](C)NC(=O)CC[C@H](CC(=O)CCOCCOCCCC(=O)CCN9C(=O)CC(SC)C9=O)C(=O)NCC(=O)CCC(=O)NCC(=O)CCC(=O)NCCOCCOCCOCCOCCOCCOCCOCCOC)ccc87)n(C)c6)cc5)n4)c(C)cc3C(=O)N2C1. The van der Waals surface area contributed by atoms with Crippen molar-refractivity contribution in [1.29, 1.82) is 0 Å². The Morgan fingerprint density at radius 2 is 1.16 bits per heavy atom. The Morgan fingerprint density at radius 1 is 0.559 bits per heavy atom. The Morgan fingerprint density at radius 3 is 1.79 bits per heavy atom. The van der Waals surface area contributed by atoms with E-state index in [0.29, 0.717) is 148 Å². The highest BCUT2D eigenvalue weighted by atomic mass is 32.2. The molecule has 0 radical (unpaired) electrons. The number of carbonyl (C=O) groups excluding carboxylic acids is 16. The van der Waals surface area contributed by atoms with Gasteiger partial charge in [-0.3, -0.25) is 90.7 Å². The number of fused-ring (bicyclic) bond motifs is 3. The summed E-state index contributed by atoms with van der Waals surface area (Å²) in [7, 11) is 0.463. The lowest BCUT2D eigenvalue weighted by Gasteiger charge is -2.26. The van der Waals surface area contributed by atoms with Crippen LogP contribution in [-0.4, -0.2) is 342 Å². The number of nitrogens with zero attached hydrogens (tertiary/aromatic N) is 6. The molecule has 3 aromatic carbocycles. The molecule has 6 aromatic rings. The fourth-order valence-electron chi connectivity index (χ4n) is 16.2. The molecule has 3 aliphatic rings. The summed E-state index contributed by atoms with van der Waals surface area (Å²) in [5.41, 5.74) is 5.76. The first-order valence-corrected chi connectivity index (χ1v) is 51.4. The van der Waals surface area contributed by atoms with Gasteiger partial charge in [-0.1, -0.05) is 42.5 Å². The summed E-state index contributed by atoms with van der Waals surface area (Å²) < 4.78 is 100. The fourth-order valence-corrected chi connectivity index (χ4v) is 17.8. The summed E-state index contributed by atoms with van der Waals surface area (Å²) in [5, 5.41) is 14.5. The van der Waals surface area contributed by atoms with Crippen LogP contribution in [0.1, 0.15) is 164 Å². The molecule has 3 aliphatic heterocycles. The first-order valence-electron chi connectivity index (χ1n) is 48.6. The zero-order valence-corrected chi connectivity index (χ0v) is 85.1. The van der Waals surface area contributed by atoms with Crippen molar-refractivity contribution in [3.8, 4) is 16.9 Å². The third kappa shape index (κ3) is 39.2. The maximum Gasteiger partial charge on any atom is 0.278 e. The van der Waals surface area contributed by atoms with Gasteiger partial charge in [-0.05, 0) is 123 Å². The van der Waals surface area contributed by atoms with E-state index < -0.39 is 105 Å². The number of carbonyl (C=O) groups is 16. The first kappa shape index (κ1) is 117. The molecule has 145 heavy (non-hydrogen) atoms. The lowest BCUT2D eigenvalue weighted by atomic mass is 9.94. The molecule has 0 saturated carbocycles. The molecule has 2 fully saturated rings. The number of Topliss-reactive ketones (excluding diaryl/α,β-unsaturated/α-hetero) is 6. The molecule has 0 aliphatic carbocycles. The minimum Gasteiger partial charge on any atom is -0.493 e. The van der Waals surface area contributed by atoms with Crippen LogP contribution in [0.3, 0.4) is 0 Å². The number of hydrogen-bond acceptors (Lipinski definition) is 31. The smallest absolute Gasteiger partial charge is 0.278 e. The van der Waals surface area contributed by atoms with Gasteiger partial charge in [0.1, 0.15) is 34.3 Å². The van der Waals surface area contributed by atoms with Crippen LogP contribution < -0.4 is 36.6 Å². The Hall–Kier alpha value is -11.8. The number of nitrogens with one attached hydrogen (secondary N) is 6. The number of thioether (sulfide) groups is 1. The van der Waals surface area contributed by atoms with Crippen molar-refractivity contribution >= 4 is 132 Å². The van der Waals surface area contributed by atoms with Gasteiger partial charge in [0.2, 0.25) is 53.0 Å². The van der Waals surface area contributed by atoms with Crippen LogP contribution in [0.2, 0.25) is 0 Å². The summed E-state index contributed by atoms with van der Waals surface area (Å²) in [5.74, 6) is -7.54. The Balaban J connectivity index is 0.656. The monoisotopic (exact) mass is 2060 g/mol. The van der Waals surface area contributed by atoms with Crippen LogP contribution in [0.25, 0.3) is 22.0 Å². The Bertz CT molecular complexity index is 5580. The number of rotatable bonds is 72. The number of methoxy groups -OCH3 is 1. The molecule has 0 spiro atoms. The summed E-state index contributed by atoms with van der Waals surface area (Å²) in [6.45, 7) is 14.6. The normalized spacial score (nSPS) is 15.2. The average Bonchev–Trinajstić information content (AvgIpc) is 1.62. The van der Waals surface area contributed by atoms with Gasteiger partial charge in [0.05, 0.1) is 161 Å². The molecular weight excluding hydrogens is 1930 g/mol. The highest BCUT2D eigenvalue weighted by Gasteiger charge is 2.46. The zero-order chi connectivity index (χ0) is 105. The molecular formula is C101H136N12O30S2. The van der Waals surface area contributed by atoms with E-state index >= 15 is 0 Å². The Labute approximate surface area is 847 Å². The summed E-state index contributed by atoms with van der Waals surface area (Å²) in [6.07, 6.45) is 5.66. The molecule has 0 bridgehead atoms. The summed E-state index contributed by atoms with van der Waals surface area (Å²) in [4.78, 5) is 217. The van der Waals surface area contributed by atoms with Gasteiger partial charge in [-0.15, -0.1) is 0 Å². The van der Waals surface area contributed by atoms with Crippen LogP contribution in [-0.2, 0) is 153 Å². The molecule has 44 heteroatoms. The molecule has 792 valence electrons. The maximum atomic E-state index is 14.3. The van der Waals surface area contributed by atoms with Gasteiger partial charge in [-0.2, -0.15) is 20.2 Å². The van der Waals surface area contributed by atoms with Crippen molar-refractivity contribution < 1.29 is 142 Å². The van der Waals surface area contributed by atoms with E-state index in [4.69, 9.17) is 52.1 Å². The zero-order valence-electron chi connectivity index (χ0n) is 83.4. The molecule has 42 nitrogen and oxygen atoms in total. The second-order valence-corrected chi connectivity index (χ2v) is 38.2. The summed E-state index contributed by atoms with van der Waals surface area (Å²) in [6, 6.07) is 16.2. The molecule has 2 unspecified atom stereocenters. The molecule has 9 amide bonds. The van der Waals surface area contributed by atoms with Crippen molar-refractivity contribution in [2.75, 3.05) is 184 Å². The highest BCUT2D eigenvalue weighted by molar-refractivity contribution is 8.00. The van der Waals surface area contributed by atoms with E-state index in [1.54, 1.807) is 99.7 Å². The van der Waals surface area contributed by atoms with Crippen molar-refractivity contribution in [2.24, 2.45) is 20.0 Å². The molecule has 7 N–H and O–H groups in total. The van der Waals surface area contributed by atoms with E-state index in [-0.39, 0.29) is 234 Å². The van der Waals surface area contributed by atoms with Gasteiger partial charge in [0, 0.05) is 172 Å². The van der Waals surface area contributed by atoms with E-state index in [0.717, 1.165) is 16.0 Å². The summed E-state index contributed by atoms with van der Waals surface area (Å²) >= 11 is 1.29. The van der Waals surface area contributed by atoms with Crippen LogP contribution in [0.4, 0.5) is 5.82 Å². The minimum atomic E-state index is -4.53. The van der Waals surface area contributed by atoms with Gasteiger partial charge >= 0.3 is 0 Å². The largest absolute Gasteiger partial charge is 0.493 e. The number of aromatic nitrogens is 4. The van der Waals surface area contributed by atoms with Gasteiger partial charge in [-0.25, -0.2) is 4.98 Å². The van der Waals surface area contributed by atoms with Gasteiger partial charge in [0.15, 0.2) is 29.0 Å². The van der Waals surface area contributed by atoms with Crippen molar-refractivity contribution in [2.45, 2.75) is 165 Å². The standard InChI is InChI=1S/C101H136N12O30S2/c1-66-51-83-89(145(130,131)132)59-75-58-87(67(2)52-81(75)99(127)113(83)63-66)143-32-10-12-93(122)107-90-65-110(6)96(108-90)86(119)54-70-13-16-72(17-14-70)76-57-84(109(5)64-76)100(128)111-29-25-73-53-71(15-21-82(73)111)55-85(118)68(3)106-97(125)69(4)105-94(123)22-18-74(56-78(115)27-33-135-38-37-134-31-9-11-77(114)26-30-112-95(124)60-88(144-8)101(112)129)98(126)104-62-80(117)20-24-92(121)103-61-79(116)19-23-91(120)102-28-34-136-39-40-138-43-44-140-47-48-142-50-49-141-46-45-139-42-41-137-36-35-133-7/h13-17,21,25,29,52-53,57-58,64-65,68-69,74,83,88-89H,1,9-12,18-20,22-24,26-28,30-51,54-56,59-63H2,2-8H3,(H,102,120)(H,103,121)(H,104,126)(H,105,123)(H,106,125)(H,107,122)(H,130,131,132)/t68-,69-,74+,83-,88?,89?/m0/s1. The van der Waals surface area contributed by atoms with Crippen LogP contribution in [0.15, 0.2) is 97.5 Å². The van der Waals surface area contributed by atoms with E-state index in [1.807, 2.05) is 18.3 Å². The molecule has 2 saturated heterocycles. The van der Waals surface area contributed by atoms with E-state index in [1.165, 1.54) is 45.8 Å². The number of benzene rings is 3. The van der Waals surface area contributed by atoms with Crippen molar-refractivity contribution in [3.05, 3.63) is 137 Å². The number of anilines is 1. The number of imide groups is 1. The number of hydrogen-bond donors (Lipinski definition) is 7. The number of likely N-dealkylation sites (tertiary alicyclic amines) is 1. The number of ketones is 6. The molecule has 3 aromatic heterocycles. The fraction of sp³-hybridized carbons (Fsp3) is 0.554. The van der Waals surface area contributed by atoms with Gasteiger partial charge < -0.3 is 98.0 Å². The van der Waals surface area contributed by atoms with Crippen molar-refractivity contribution in [1.82, 2.24) is 55.1 Å². The maximum absolute atomic E-state index is 14.3. The predicted molar refractivity (Wildman–Crippen MR) is 531 cm³/mol. The third-order valence-electron chi connectivity index (χ3n) is 24.2. The lowest BCUT2D eigenvalue weighted by molar-refractivity contribution is -0.139. The van der Waals surface area contributed by atoms with Crippen LogP contribution in [0.5, 0.6) is 5.75 Å². The third-order valence-corrected chi connectivity index (χ3v) is 26.4. The average molecular weight is 2060 g/mol. The predicted octanol–water partition coefficient (Wildman–Crippen LogP) is 5.12. The van der Waals surface area contributed by atoms with E-state index in [9.17, 15) is 89.7 Å². The Kier molecular flexibility index (Phi) is 49.1. The number of ether oxygens (including phenoxy) is 11. The van der Waals surface area contributed by atoms with Crippen molar-refractivity contribution in [3.63, 3.8) is 0 Å². The molecule has 6 heterocycles. The number of imidazole rings is 1. The highest BCUT2D eigenvalue weighted by Crippen LogP contribution is 2.37. The second-order valence-electron chi connectivity index (χ2n) is 35.5. The van der Waals surface area contributed by atoms with Crippen LogP contribution in [0, 0.1) is 12.8 Å². The van der Waals surface area contributed by atoms with E-state index in [2.05, 4.69) is 43.5 Å². The topological polar surface area (TPSA) is 535 Å².